The van der Waals surface area contributed by atoms with Gasteiger partial charge in [0.15, 0.2) is 0 Å². The molecule has 0 saturated carbocycles. The number of hydrogen-bond acceptors (Lipinski definition) is 4. The Kier molecular flexibility index (Phi) is 4.77. The van der Waals surface area contributed by atoms with Crippen molar-refractivity contribution in [3.05, 3.63) is 23.5 Å². The van der Waals surface area contributed by atoms with Crippen molar-refractivity contribution in [3.8, 4) is 0 Å². The number of aryl methyl sites for hydroxylation is 1. The van der Waals surface area contributed by atoms with Crippen LogP contribution in [-0.2, 0) is 11.3 Å². The lowest BCUT2D eigenvalue weighted by Crippen LogP contribution is -2.37. The highest BCUT2D eigenvalue weighted by Gasteiger charge is 2.29. The molecule has 4 heteroatoms. The molecule has 1 aromatic rings. The van der Waals surface area contributed by atoms with Gasteiger partial charge < -0.3 is 15.0 Å². The van der Waals surface area contributed by atoms with E-state index in [1.807, 2.05) is 13.1 Å². The molecule has 2 atom stereocenters. The van der Waals surface area contributed by atoms with Gasteiger partial charge in [0.05, 0.1) is 12.1 Å². The van der Waals surface area contributed by atoms with Gasteiger partial charge in [-0.25, -0.2) is 0 Å². The SMILES string of the molecule is CCNCc1cnc(C)cc1N(C)C1CCOC1C. The first kappa shape index (κ1) is 14.3. The molecule has 106 valence electrons. The summed E-state index contributed by atoms with van der Waals surface area (Å²) < 4.78 is 5.69. The normalized spacial score (nSPS) is 22.7. The third-order valence-corrected chi connectivity index (χ3v) is 3.88. The topological polar surface area (TPSA) is 37.4 Å². The van der Waals surface area contributed by atoms with E-state index in [2.05, 4.69) is 42.2 Å². The fourth-order valence-corrected chi connectivity index (χ4v) is 2.71. The second-order valence-electron chi connectivity index (χ2n) is 5.28. The van der Waals surface area contributed by atoms with E-state index in [0.29, 0.717) is 12.1 Å². The number of nitrogens with zero attached hydrogens (tertiary/aromatic N) is 2. The minimum atomic E-state index is 0.297. The number of rotatable bonds is 5. The molecular weight excluding hydrogens is 238 g/mol. The first-order chi connectivity index (χ1) is 9.13. The Labute approximate surface area is 116 Å². The molecule has 0 aliphatic carbocycles. The number of likely N-dealkylation sites (N-methyl/N-ethyl adjacent to an activating group) is 1. The van der Waals surface area contributed by atoms with E-state index in [9.17, 15) is 0 Å². The quantitative estimate of drug-likeness (QED) is 0.883. The van der Waals surface area contributed by atoms with Crippen LogP contribution in [0.4, 0.5) is 5.69 Å². The summed E-state index contributed by atoms with van der Waals surface area (Å²) in [5, 5.41) is 3.38. The Morgan fingerprint density at radius 2 is 2.32 bits per heavy atom. The summed E-state index contributed by atoms with van der Waals surface area (Å²) in [4.78, 5) is 6.78. The van der Waals surface area contributed by atoms with Crippen LogP contribution in [0.3, 0.4) is 0 Å². The number of ether oxygens (including phenoxy) is 1. The molecule has 2 rings (SSSR count). The van der Waals surface area contributed by atoms with Crippen LogP contribution in [0.5, 0.6) is 0 Å². The van der Waals surface area contributed by atoms with E-state index in [1.54, 1.807) is 0 Å². The van der Waals surface area contributed by atoms with E-state index < -0.39 is 0 Å². The van der Waals surface area contributed by atoms with Crippen molar-refractivity contribution in [1.29, 1.82) is 0 Å². The maximum Gasteiger partial charge on any atom is 0.0750 e. The third-order valence-electron chi connectivity index (χ3n) is 3.88. The fourth-order valence-electron chi connectivity index (χ4n) is 2.71. The highest BCUT2D eigenvalue weighted by molar-refractivity contribution is 5.54. The Morgan fingerprint density at radius 1 is 1.53 bits per heavy atom. The molecular formula is C15H25N3O. The number of pyridine rings is 1. The molecule has 4 nitrogen and oxygen atoms in total. The molecule has 0 radical (unpaired) electrons. The predicted molar refractivity (Wildman–Crippen MR) is 78.6 cm³/mol. The molecule has 1 fully saturated rings. The van der Waals surface area contributed by atoms with Gasteiger partial charge in [-0.1, -0.05) is 6.92 Å². The molecule has 1 aromatic heterocycles. The molecule has 0 spiro atoms. The molecule has 19 heavy (non-hydrogen) atoms. The van der Waals surface area contributed by atoms with Crippen molar-refractivity contribution in [2.75, 3.05) is 25.1 Å². The van der Waals surface area contributed by atoms with Crippen LogP contribution in [0.2, 0.25) is 0 Å². The molecule has 0 amide bonds. The van der Waals surface area contributed by atoms with Gasteiger partial charge in [0.2, 0.25) is 0 Å². The van der Waals surface area contributed by atoms with Gasteiger partial charge in [0.1, 0.15) is 0 Å². The van der Waals surface area contributed by atoms with Crippen molar-refractivity contribution in [2.45, 2.75) is 45.9 Å². The molecule has 2 unspecified atom stereocenters. The number of anilines is 1. The summed E-state index contributed by atoms with van der Waals surface area (Å²) in [7, 11) is 2.17. The number of hydrogen-bond donors (Lipinski definition) is 1. The van der Waals surface area contributed by atoms with Gasteiger partial charge in [-0.2, -0.15) is 0 Å². The summed E-state index contributed by atoms with van der Waals surface area (Å²) in [5.74, 6) is 0. The molecule has 1 aliphatic rings. The lowest BCUT2D eigenvalue weighted by atomic mass is 10.1. The minimum absolute atomic E-state index is 0.297. The van der Waals surface area contributed by atoms with Gasteiger partial charge in [-0.15, -0.1) is 0 Å². The molecule has 1 N–H and O–H groups in total. The van der Waals surface area contributed by atoms with E-state index in [1.165, 1.54) is 11.3 Å². The van der Waals surface area contributed by atoms with Crippen molar-refractivity contribution in [3.63, 3.8) is 0 Å². The summed E-state index contributed by atoms with van der Waals surface area (Å²) >= 11 is 0. The first-order valence-electron chi connectivity index (χ1n) is 7.14. The van der Waals surface area contributed by atoms with Crippen LogP contribution in [0.1, 0.15) is 31.5 Å². The van der Waals surface area contributed by atoms with Crippen LogP contribution in [-0.4, -0.2) is 37.3 Å². The lowest BCUT2D eigenvalue weighted by molar-refractivity contribution is 0.118. The van der Waals surface area contributed by atoms with E-state index >= 15 is 0 Å². The summed E-state index contributed by atoms with van der Waals surface area (Å²) in [6, 6.07) is 2.64. The summed E-state index contributed by atoms with van der Waals surface area (Å²) in [6.07, 6.45) is 3.38. The largest absolute Gasteiger partial charge is 0.376 e. The van der Waals surface area contributed by atoms with Crippen molar-refractivity contribution in [2.24, 2.45) is 0 Å². The molecule has 0 aromatic carbocycles. The maximum atomic E-state index is 5.69. The molecule has 1 aliphatic heterocycles. The Balaban J connectivity index is 2.23. The van der Waals surface area contributed by atoms with Crippen LogP contribution in [0.25, 0.3) is 0 Å². The van der Waals surface area contributed by atoms with Crippen molar-refractivity contribution >= 4 is 5.69 Å². The molecule has 2 heterocycles. The first-order valence-corrected chi connectivity index (χ1v) is 7.14. The predicted octanol–water partition coefficient (Wildman–Crippen LogP) is 2.11. The van der Waals surface area contributed by atoms with Gasteiger partial charge >= 0.3 is 0 Å². The highest BCUT2D eigenvalue weighted by Crippen LogP contribution is 2.27. The summed E-state index contributed by atoms with van der Waals surface area (Å²) in [5.41, 5.74) is 3.60. The van der Waals surface area contributed by atoms with Crippen LogP contribution >= 0.6 is 0 Å². The Bertz CT molecular complexity index is 422. The average molecular weight is 263 g/mol. The molecule has 0 bridgehead atoms. The average Bonchev–Trinajstić information content (AvgIpc) is 2.82. The number of aromatic nitrogens is 1. The van der Waals surface area contributed by atoms with Gasteiger partial charge in [0.25, 0.3) is 0 Å². The highest BCUT2D eigenvalue weighted by atomic mass is 16.5. The van der Waals surface area contributed by atoms with E-state index in [-0.39, 0.29) is 0 Å². The maximum absolute atomic E-state index is 5.69. The standard InChI is InChI=1S/C15H25N3O/c1-5-16-9-13-10-17-11(2)8-15(13)18(4)14-6-7-19-12(14)3/h8,10,12,14,16H,5-7,9H2,1-4H3. The minimum Gasteiger partial charge on any atom is -0.376 e. The van der Waals surface area contributed by atoms with Crippen molar-refractivity contribution in [1.82, 2.24) is 10.3 Å². The fraction of sp³-hybridized carbons (Fsp3) is 0.667. The number of nitrogens with one attached hydrogen (secondary N) is 1. The second kappa shape index (κ2) is 6.35. The lowest BCUT2D eigenvalue weighted by Gasteiger charge is -2.30. The van der Waals surface area contributed by atoms with Crippen LogP contribution in [0.15, 0.2) is 12.3 Å². The zero-order valence-electron chi connectivity index (χ0n) is 12.4. The zero-order valence-corrected chi connectivity index (χ0v) is 12.4. The molecule has 1 saturated heterocycles. The Hall–Kier alpha value is -1.13. The van der Waals surface area contributed by atoms with Gasteiger partial charge in [0, 0.05) is 43.3 Å². The third kappa shape index (κ3) is 3.25. The van der Waals surface area contributed by atoms with E-state index in [0.717, 1.165) is 31.8 Å². The van der Waals surface area contributed by atoms with Crippen LogP contribution in [0, 0.1) is 6.92 Å². The van der Waals surface area contributed by atoms with E-state index in [4.69, 9.17) is 4.74 Å². The Morgan fingerprint density at radius 3 is 2.95 bits per heavy atom. The van der Waals surface area contributed by atoms with Crippen LogP contribution < -0.4 is 10.2 Å². The second-order valence-corrected chi connectivity index (χ2v) is 5.28. The summed E-state index contributed by atoms with van der Waals surface area (Å²) in [6.45, 7) is 9.03. The monoisotopic (exact) mass is 263 g/mol. The van der Waals surface area contributed by atoms with Gasteiger partial charge in [-0.3, -0.25) is 4.98 Å². The van der Waals surface area contributed by atoms with Gasteiger partial charge in [-0.05, 0) is 32.9 Å². The smallest absolute Gasteiger partial charge is 0.0750 e. The van der Waals surface area contributed by atoms with Crippen molar-refractivity contribution < 1.29 is 4.74 Å². The zero-order chi connectivity index (χ0) is 13.8.